The van der Waals surface area contributed by atoms with E-state index in [9.17, 15) is 32.4 Å². The maximum absolute atomic E-state index is 14.3. The van der Waals surface area contributed by atoms with Gasteiger partial charge in [0.1, 0.15) is 12.1 Å². The highest BCUT2D eigenvalue weighted by Gasteiger charge is 2.70. The number of fused-ring (bicyclic) bond motifs is 1. The summed E-state index contributed by atoms with van der Waals surface area (Å²) in [6.07, 6.45) is 2.23. The summed E-state index contributed by atoms with van der Waals surface area (Å²) < 4.78 is 26.4. The van der Waals surface area contributed by atoms with Gasteiger partial charge in [-0.1, -0.05) is 75.2 Å². The van der Waals surface area contributed by atoms with Crippen molar-refractivity contribution in [3.05, 3.63) is 0 Å². The van der Waals surface area contributed by atoms with Crippen molar-refractivity contribution in [3.63, 3.8) is 0 Å². The molecule has 14 heteroatoms. The fraction of sp³-hybridized carbons (Fsp3) is 0.844. The van der Waals surface area contributed by atoms with Crippen molar-refractivity contribution in [3.8, 4) is 0 Å². The lowest BCUT2D eigenvalue weighted by atomic mass is 9.85. The average molecular weight is 669 g/mol. The summed E-state index contributed by atoms with van der Waals surface area (Å²) in [5, 5.41) is 10.9. The molecule has 3 aliphatic rings. The van der Waals surface area contributed by atoms with Crippen LogP contribution in [0.5, 0.6) is 0 Å². The summed E-state index contributed by atoms with van der Waals surface area (Å²) in [5.41, 5.74) is -1.42. The van der Waals surface area contributed by atoms with Crippen LogP contribution in [0.25, 0.3) is 0 Å². The molecular formula is C32H56N6O7S. The molecule has 2 heterocycles. The summed E-state index contributed by atoms with van der Waals surface area (Å²) >= 11 is 0. The number of likely N-dealkylation sites (tertiary alicyclic amines) is 1. The number of hydrogen-bond donors (Lipinski definition) is 4. The van der Waals surface area contributed by atoms with Crippen molar-refractivity contribution in [1.29, 1.82) is 0 Å². The lowest BCUT2D eigenvalue weighted by Gasteiger charge is -2.39. The zero-order valence-electron chi connectivity index (χ0n) is 29.3. The Morgan fingerprint density at radius 3 is 2.09 bits per heavy atom. The van der Waals surface area contributed by atoms with Crippen LogP contribution in [-0.4, -0.2) is 104 Å². The summed E-state index contributed by atoms with van der Waals surface area (Å²) in [5.74, 6) is -2.40. The first kappa shape index (κ1) is 37.7. The first-order chi connectivity index (χ1) is 21.1. The molecule has 0 aromatic heterocycles. The van der Waals surface area contributed by atoms with Gasteiger partial charge in [0, 0.05) is 32.7 Å². The van der Waals surface area contributed by atoms with Crippen LogP contribution in [0, 0.1) is 28.1 Å². The molecule has 3 fully saturated rings. The lowest BCUT2D eigenvalue weighted by Crippen LogP contribution is -2.62. The second-order valence-corrected chi connectivity index (χ2v) is 18.0. The maximum atomic E-state index is 14.3. The molecule has 262 valence electrons. The molecule has 2 aliphatic heterocycles. The van der Waals surface area contributed by atoms with E-state index >= 15 is 0 Å². The Morgan fingerprint density at radius 2 is 1.59 bits per heavy atom. The molecular weight excluding hydrogens is 612 g/mol. The standard InChI is InChI=1S/C32H56N6O7S/c1-11-12-14-20(24(39)27(41)33-10)34-26(40)23-22-19(32(22,8)9)17-38(23)28(42)25(31(5,6)7)36-29(43)35-21(30(2,3)4)18-37-15-13-16-46(37,44)45/h19-23,25H,11-18H2,1-10H3,(H,33,41)(H,34,40)(H2,35,36,43)/t19-,20?,21+,22-,23-,25+/m0/s1. The number of Topliss-reactive ketones (excluding diaryl/α,β-unsaturated/α-hetero) is 1. The monoisotopic (exact) mass is 668 g/mol. The van der Waals surface area contributed by atoms with Gasteiger partial charge in [0.25, 0.3) is 5.91 Å². The van der Waals surface area contributed by atoms with Gasteiger partial charge >= 0.3 is 6.03 Å². The zero-order chi connectivity index (χ0) is 35.0. The summed E-state index contributed by atoms with van der Waals surface area (Å²) in [7, 11) is -2.02. The van der Waals surface area contributed by atoms with E-state index in [1.807, 2.05) is 48.5 Å². The van der Waals surface area contributed by atoms with E-state index in [0.717, 1.165) is 6.42 Å². The Bertz CT molecular complexity index is 1300. The van der Waals surface area contributed by atoms with Crippen LogP contribution in [-0.2, 0) is 29.2 Å². The molecule has 6 atom stereocenters. The fourth-order valence-corrected chi connectivity index (χ4v) is 8.35. The normalized spacial score (nSPS) is 25.5. The number of amides is 5. The molecule has 5 amide bonds. The number of nitrogens with zero attached hydrogens (tertiary/aromatic N) is 2. The first-order valence-electron chi connectivity index (χ1n) is 16.5. The van der Waals surface area contributed by atoms with E-state index in [2.05, 4.69) is 35.1 Å². The molecule has 0 spiro atoms. The third-order valence-electron chi connectivity index (χ3n) is 10.0. The van der Waals surface area contributed by atoms with Gasteiger partial charge in [0.05, 0.1) is 11.8 Å². The van der Waals surface area contributed by atoms with Crippen LogP contribution in [0.15, 0.2) is 0 Å². The molecule has 1 saturated carbocycles. The number of ketones is 1. The van der Waals surface area contributed by atoms with Crippen LogP contribution in [0.3, 0.4) is 0 Å². The van der Waals surface area contributed by atoms with Gasteiger partial charge < -0.3 is 26.2 Å². The summed E-state index contributed by atoms with van der Waals surface area (Å²) in [6, 6.07) is -4.03. The molecule has 0 aromatic carbocycles. The largest absolute Gasteiger partial charge is 0.353 e. The van der Waals surface area contributed by atoms with E-state index in [0.29, 0.717) is 32.4 Å². The van der Waals surface area contributed by atoms with Crippen molar-refractivity contribution in [2.75, 3.05) is 32.4 Å². The lowest BCUT2D eigenvalue weighted by molar-refractivity contribution is -0.145. The number of unbranched alkanes of at least 4 members (excludes halogenated alkanes) is 1. The van der Waals surface area contributed by atoms with Gasteiger partial charge in [-0.2, -0.15) is 4.31 Å². The Morgan fingerprint density at radius 1 is 0.957 bits per heavy atom. The van der Waals surface area contributed by atoms with Crippen molar-refractivity contribution in [1.82, 2.24) is 30.5 Å². The minimum atomic E-state index is -3.38. The van der Waals surface area contributed by atoms with Crippen molar-refractivity contribution < 1.29 is 32.4 Å². The van der Waals surface area contributed by atoms with Gasteiger partial charge in [-0.3, -0.25) is 19.2 Å². The third-order valence-corrected chi connectivity index (χ3v) is 11.9. The Labute approximate surface area is 274 Å². The third kappa shape index (κ3) is 8.21. The second kappa shape index (κ2) is 13.8. The minimum Gasteiger partial charge on any atom is -0.353 e. The van der Waals surface area contributed by atoms with E-state index in [1.54, 1.807) is 0 Å². The number of nitrogens with one attached hydrogen (secondary N) is 4. The predicted molar refractivity (Wildman–Crippen MR) is 175 cm³/mol. The number of piperidine rings is 1. The number of likely N-dealkylation sites (N-methyl/N-ethyl adjacent to an activating group) is 1. The number of sulfonamides is 1. The van der Waals surface area contributed by atoms with E-state index in [1.165, 1.54) is 16.3 Å². The molecule has 4 N–H and O–H groups in total. The highest BCUT2D eigenvalue weighted by Crippen LogP contribution is 2.65. The molecule has 1 unspecified atom stereocenters. The minimum absolute atomic E-state index is 0.0676. The second-order valence-electron chi connectivity index (χ2n) is 15.9. The topological polar surface area (TPSA) is 174 Å². The number of hydrogen-bond acceptors (Lipinski definition) is 7. The quantitative estimate of drug-likeness (QED) is 0.229. The van der Waals surface area contributed by atoms with Crippen LogP contribution >= 0.6 is 0 Å². The van der Waals surface area contributed by atoms with Crippen LogP contribution in [0.2, 0.25) is 0 Å². The average Bonchev–Trinajstić information content (AvgIpc) is 3.25. The van der Waals surface area contributed by atoms with Crippen molar-refractivity contribution in [2.45, 2.75) is 112 Å². The van der Waals surface area contributed by atoms with Crippen molar-refractivity contribution >= 4 is 39.6 Å². The van der Waals surface area contributed by atoms with Crippen LogP contribution in [0.4, 0.5) is 4.79 Å². The first-order valence-corrected chi connectivity index (χ1v) is 18.1. The summed E-state index contributed by atoms with van der Waals surface area (Å²) in [6.45, 7) is 18.1. The molecule has 2 saturated heterocycles. The van der Waals surface area contributed by atoms with Gasteiger partial charge in [-0.25, -0.2) is 13.2 Å². The molecule has 13 nitrogen and oxygen atoms in total. The van der Waals surface area contributed by atoms with Gasteiger partial charge in [0.2, 0.25) is 27.6 Å². The van der Waals surface area contributed by atoms with Gasteiger partial charge in [-0.15, -0.1) is 0 Å². The van der Waals surface area contributed by atoms with Crippen molar-refractivity contribution in [2.24, 2.45) is 28.1 Å². The van der Waals surface area contributed by atoms with E-state index in [-0.39, 0.29) is 29.5 Å². The van der Waals surface area contributed by atoms with E-state index < -0.39 is 74.6 Å². The Kier molecular flexibility index (Phi) is 11.3. The number of rotatable bonds is 12. The molecule has 1 aliphatic carbocycles. The molecule has 0 radical (unpaired) electrons. The molecule has 46 heavy (non-hydrogen) atoms. The smallest absolute Gasteiger partial charge is 0.315 e. The van der Waals surface area contributed by atoms with Gasteiger partial charge in [0.15, 0.2) is 0 Å². The number of carbonyl (C=O) groups excluding carboxylic acids is 5. The summed E-state index contributed by atoms with van der Waals surface area (Å²) in [4.78, 5) is 68.2. The van der Waals surface area contributed by atoms with Crippen LogP contribution in [0.1, 0.15) is 88.0 Å². The number of carbonyl (C=O) groups is 5. The Balaban J connectivity index is 1.83. The molecule has 3 rings (SSSR count). The number of urea groups is 1. The Hall–Kier alpha value is -2.74. The van der Waals surface area contributed by atoms with Gasteiger partial charge in [-0.05, 0) is 40.9 Å². The zero-order valence-corrected chi connectivity index (χ0v) is 30.1. The SMILES string of the molecule is CCCCC(NC(=O)[C@@H]1[C@@H]2[C@H](CN1C(=O)[C@@H](NC(=O)N[C@H](CN1CCCS1(=O)=O)C(C)(C)C)C(C)(C)C)C2(C)C)C(=O)C(=O)NC. The predicted octanol–water partition coefficient (Wildman–Crippen LogP) is 1.62. The maximum Gasteiger partial charge on any atom is 0.315 e. The fourth-order valence-electron chi connectivity index (χ4n) is 6.81. The highest BCUT2D eigenvalue weighted by atomic mass is 32.2. The van der Waals surface area contributed by atoms with E-state index in [4.69, 9.17) is 0 Å². The van der Waals surface area contributed by atoms with Crippen LogP contribution < -0.4 is 21.3 Å². The highest BCUT2D eigenvalue weighted by molar-refractivity contribution is 7.89. The molecule has 0 aromatic rings. The molecule has 0 bridgehead atoms.